The first-order valence-electron chi connectivity index (χ1n) is 8.15. The fourth-order valence-corrected chi connectivity index (χ4v) is 2.70. The molecule has 0 atom stereocenters. The monoisotopic (exact) mass is 330 g/mol. The van der Waals surface area contributed by atoms with E-state index < -0.39 is 0 Å². The maximum atomic E-state index is 12.3. The van der Waals surface area contributed by atoms with E-state index >= 15 is 0 Å². The van der Waals surface area contributed by atoms with Crippen molar-refractivity contribution in [2.24, 2.45) is 0 Å². The van der Waals surface area contributed by atoms with E-state index in [1.165, 1.54) is 11.3 Å². The molecular formula is C18H26N4O2. The van der Waals surface area contributed by atoms with E-state index in [1.807, 2.05) is 29.8 Å². The minimum atomic E-state index is -0.138. The molecule has 0 saturated heterocycles. The van der Waals surface area contributed by atoms with E-state index in [0.29, 0.717) is 12.3 Å². The minimum absolute atomic E-state index is 0.138. The lowest BCUT2D eigenvalue weighted by molar-refractivity contribution is 0.223. The number of aromatic nitrogens is 2. The Hall–Kier alpha value is -2.50. The molecule has 0 saturated carbocycles. The van der Waals surface area contributed by atoms with Crippen molar-refractivity contribution >= 4 is 11.7 Å². The zero-order valence-corrected chi connectivity index (χ0v) is 15.1. The van der Waals surface area contributed by atoms with E-state index in [4.69, 9.17) is 4.74 Å². The molecule has 0 radical (unpaired) electrons. The second-order valence-electron chi connectivity index (χ2n) is 5.80. The number of methoxy groups -OCH3 is 1. The lowest BCUT2D eigenvalue weighted by Crippen LogP contribution is -2.33. The summed E-state index contributed by atoms with van der Waals surface area (Å²) in [6.07, 6.45) is 0.791. The quantitative estimate of drug-likeness (QED) is 0.884. The van der Waals surface area contributed by atoms with Gasteiger partial charge in [0.25, 0.3) is 0 Å². The Labute approximate surface area is 143 Å². The van der Waals surface area contributed by atoms with E-state index in [9.17, 15) is 4.79 Å². The number of hydrogen-bond acceptors (Lipinski definition) is 3. The van der Waals surface area contributed by atoms with Gasteiger partial charge in [0.2, 0.25) is 0 Å². The van der Waals surface area contributed by atoms with Crippen LogP contribution in [0.4, 0.5) is 10.5 Å². The Morgan fingerprint density at radius 3 is 2.75 bits per heavy atom. The predicted molar refractivity (Wildman–Crippen MR) is 95.7 cm³/mol. The van der Waals surface area contributed by atoms with Crippen LogP contribution in [0.3, 0.4) is 0 Å². The first kappa shape index (κ1) is 17.8. The van der Waals surface area contributed by atoms with Crippen molar-refractivity contribution in [2.75, 3.05) is 26.0 Å². The molecule has 0 fully saturated rings. The van der Waals surface area contributed by atoms with Gasteiger partial charge < -0.3 is 15.0 Å². The molecule has 1 aromatic heterocycles. The van der Waals surface area contributed by atoms with Crippen LogP contribution in [0.5, 0.6) is 5.75 Å². The molecule has 0 aliphatic heterocycles. The van der Waals surface area contributed by atoms with Crippen molar-refractivity contribution < 1.29 is 9.53 Å². The summed E-state index contributed by atoms with van der Waals surface area (Å²) in [6.45, 7) is 7.67. The maximum Gasteiger partial charge on any atom is 0.321 e. The highest BCUT2D eigenvalue weighted by Gasteiger charge is 2.14. The van der Waals surface area contributed by atoms with Gasteiger partial charge in [-0.25, -0.2) is 4.79 Å². The molecular weight excluding hydrogens is 304 g/mol. The highest BCUT2D eigenvalue weighted by molar-refractivity contribution is 5.89. The molecule has 24 heavy (non-hydrogen) atoms. The van der Waals surface area contributed by atoms with Gasteiger partial charge in [-0.2, -0.15) is 5.10 Å². The molecule has 1 aromatic carbocycles. The topological polar surface area (TPSA) is 59.4 Å². The lowest BCUT2D eigenvalue weighted by atomic mass is 10.1. The van der Waals surface area contributed by atoms with Crippen LogP contribution in [0.2, 0.25) is 0 Å². The minimum Gasteiger partial charge on any atom is -0.497 e. The number of urea groups is 1. The van der Waals surface area contributed by atoms with Crippen molar-refractivity contribution in [2.45, 2.75) is 33.7 Å². The zero-order chi connectivity index (χ0) is 17.7. The number of hydrogen-bond donors (Lipinski definition) is 1. The number of anilines is 1. The van der Waals surface area contributed by atoms with Gasteiger partial charge in [0.05, 0.1) is 12.8 Å². The third-order valence-electron chi connectivity index (χ3n) is 4.20. The van der Waals surface area contributed by atoms with Gasteiger partial charge >= 0.3 is 6.03 Å². The average molecular weight is 330 g/mol. The summed E-state index contributed by atoms with van der Waals surface area (Å²) in [6, 6.07) is 7.19. The first-order valence-corrected chi connectivity index (χ1v) is 8.15. The van der Waals surface area contributed by atoms with Crippen molar-refractivity contribution in [3.8, 4) is 5.75 Å². The Kier molecular flexibility index (Phi) is 5.84. The third-order valence-corrected chi connectivity index (χ3v) is 4.20. The van der Waals surface area contributed by atoms with Gasteiger partial charge in [-0.05, 0) is 44.9 Å². The Morgan fingerprint density at radius 2 is 2.12 bits per heavy atom. The van der Waals surface area contributed by atoms with Crippen LogP contribution < -0.4 is 10.1 Å². The number of carbonyl (C=O) groups is 1. The fourth-order valence-electron chi connectivity index (χ4n) is 2.70. The predicted octanol–water partition coefficient (Wildman–Crippen LogP) is 3.23. The van der Waals surface area contributed by atoms with Crippen molar-refractivity contribution in [3.05, 3.63) is 41.2 Å². The van der Waals surface area contributed by atoms with Gasteiger partial charge in [-0.15, -0.1) is 0 Å². The summed E-state index contributed by atoms with van der Waals surface area (Å²) in [4.78, 5) is 14.0. The van der Waals surface area contributed by atoms with Crippen molar-refractivity contribution in [1.82, 2.24) is 14.7 Å². The van der Waals surface area contributed by atoms with Crippen LogP contribution in [-0.2, 0) is 13.0 Å². The van der Waals surface area contributed by atoms with Crippen LogP contribution in [0.25, 0.3) is 0 Å². The summed E-state index contributed by atoms with van der Waals surface area (Å²) in [5.41, 5.74) is 4.16. The maximum absolute atomic E-state index is 12.3. The summed E-state index contributed by atoms with van der Waals surface area (Å²) >= 11 is 0. The first-order chi connectivity index (χ1) is 11.5. The van der Waals surface area contributed by atoms with Crippen LogP contribution in [0.15, 0.2) is 24.3 Å². The van der Waals surface area contributed by atoms with E-state index in [1.54, 1.807) is 25.1 Å². The number of nitrogens with zero attached hydrogens (tertiary/aromatic N) is 3. The molecule has 0 bridgehead atoms. The van der Waals surface area contributed by atoms with Crippen molar-refractivity contribution in [3.63, 3.8) is 0 Å². The van der Waals surface area contributed by atoms with E-state index in [0.717, 1.165) is 24.3 Å². The van der Waals surface area contributed by atoms with Crippen LogP contribution in [0, 0.1) is 13.8 Å². The Bertz CT molecular complexity index is 709. The Balaban J connectivity index is 1.95. The highest BCUT2D eigenvalue weighted by Crippen LogP contribution is 2.17. The molecule has 1 heterocycles. The SMILES string of the molecule is CCn1nc(C)c(CCN(C)C(=O)Nc2cccc(OC)c2)c1C. The molecule has 2 amide bonds. The molecule has 2 aromatic rings. The number of nitrogens with one attached hydrogen (secondary N) is 1. The zero-order valence-electron chi connectivity index (χ0n) is 15.1. The smallest absolute Gasteiger partial charge is 0.321 e. The lowest BCUT2D eigenvalue weighted by Gasteiger charge is -2.18. The summed E-state index contributed by atoms with van der Waals surface area (Å²) in [5.74, 6) is 0.716. The molecule has 1 N–H and O–H groups in total. The number of likely N-dealkylation sites (N-methyl/N-ethyl adjacent to an activating group) is 1. The molecule has 0 unspecified atom stereocenters. The van der Waals surface area contributed by atoms with Gasteiger partial charge in [-0.3, -0.25) is 4.68 Å². The fraction of sp³-hybridized carbons (Fsp3) is 0.444. The average Bonchev–Trinajstić information content (AvgIpc) is 2.86. The number of carbonyl (C=O) groups excluding carboxylic acids is 1. The number of rotatable bonds is 6. The molecule has 2 rings (SSSR count). The molecule has 6 nitrogen and oxygen atoms in total. The third kappa shape index (κ3) is 4.07. The summed E-state index contributed by atoms with van der Waals surface area (Å²) < 4.78 is 7.17. The summed E-state index contributed by atoms with van der Waals surface area (Å²) in [7, 11) is 3.40. The largest absolute Gasteiger partial charge is 0.497 e. The van der Waals surface area contributed by atoms with Crippen LogP contribution in [-0.4, -0.2) is 41.4 Å². The normalized spacial score (nSPS) is 10.5. The van der Waals surface area contributed by atoms with Gasteiger partial charge in [0.1, 0.15) is 5.75 Å². The number of aryl methyl sites for hydroxylation is 2. The molecule has 0 aliphatic rings. The van der Waals surface area contributed by atoms with Gasteiger partial charge in [-0.1, -0.05) is 6.07 Å². The second-order valence-corrected chi connectivity index (χ2v) is 5.80. The molecule has 0 spiro atoms. The number of benzene rings is 1. The summed E-state index contributed by atoms with van der Waals surface area (Å²) in [5, 5.41) is 7.41. The van der Waals surface area contributed by atoms with Gasteiger partial charge in [0, 0.05) is 37.6 Å². The van der Waals surface area contributed by atoms with E-state index in [2.05, 4.69) is 24.3 Å². The molecule has 0 aliphatic carbocycles. The Morgan fingerprint density at radius 1 is 1.38 bits per heavy atom. The van der Waals surface area contributed by atoms with Gasteiger partial charge in [0.15, 0.2) is 0 Å². The van der Waals surface area contributed by atoms with Crippen LogP contribution >= 0.6 is 0 Å². The number of amides is 2. The second kappa shape index (κ2) is 7.86. The number of ether oxygens (including phenoxy) is 1. The molecule has 130 valence electrons. The highest BCUT2D eigenvalue weighted by atomic mass is 16.5. The van der Waals surface area contributed by atoms with Crippen LogP contribution in [0.1, 0.15) is 23.9 Å². The van der Waals surface area contributed by atoms with Crippen molar-refractivity contribution in [1.29, 1.82) is 0 Å². The molecule has 6 heteroatoms. The van der Waals surface area contributed by atoms with E-state index in [-0.39, 0.29) is 6.03 Å². The standard InChI is InChI=1S/C18H26N4O2/c1-6-22-14(3)17(13(2)20-22)10-11-21(4)18(23)19-15-8-7-9-16(12-15)24-5/h7-9,12H,6,10-11H2,1-5H3,(H,19,23).